The third-order valence-electron chi connectivity index (χ3n) is 2.89. The first-order valence-electron chi connectivity index (χ1n) is 5.97. The topological polar surface area (TPSA) is 76.2 Å². The van der Waals surface area contributed by atoms with Crippen LogP contribution in [-0.4, -0.2) is 21.2 Å². The number of aryl methyl sites for hydroxylation is 1. The molecule has 3 aromatic rings. The molecule has 0 amide bonds. The number of carboxylic acids is 1. The van der Waals surface area contributed by atoms with E-state index in [1.54, 1.807) is 12.1 Å². The third-order valence-corrected chi connectivity index (χ3v) is 4.57. The van der Waals surface area contributed by atoms with E-state index >= 15 is 0 Å². The molecule has 0 spiro atoms. The van der Waals surface area contributed by atoms with Crippen LogP contribution < -0.4 is 0 Å². The number of carboxylic acid groups (broad SMARTS) is 1. The quantitative estimate of drug-likeness (QED) is 0.785. The van der Waals surface area contributed by atoms with Crippen molar-refractivity contribution in [3.05, 3.63) is 45.8 Å². The molecule has 1 aromatic carbocycles. The fraction of sp³-hybridized carbons (Fsp3) is 0.0714. The zero-order valence-corrected chi connectivity index (χ0v) is 12.4. The van der Waals surface area contributed by atoms with Crippen molar-refractivity contribution in [1.82, 2.24) is 10.1 Å². The molecule has 21 heavy (non-hydrogen) atoms. The molecule has 1 N–H and O–H groups in total. The van der Waals surface area contributed by atoms with Crippen molar-refractivity contribution < 1.29 is 14.4 Å². The van der Waals surface area contributed by atoms with Gasteiger partial charge in [0.2, 0.25) is 5.82 Å². The van der Waals surface area contributed by atoms with Gasteiger partial charge in [0.05, 0.1) is 10.6 Å². The maximum absolute atomic E-state index is 11.0. The number of aromatic nitrogens is 2. The van der Waals surface area contributed by atoms with Gasteiger partial charge in [0, 0.05) is 5.56 Å². The van der Waals surface area contributed by atoms with Crippen LogP contribution in [0.5, 0.6) is 0 Å². The standard InChI is InChI=1S/C14H9ClN2O3S/c1-7-6-21-11(10(7)15)13-16-12(17-20-13)8-3-2-4-9(5-8)14(18)19/h2-6H,1H3,(H,18,19). The van der Waals surface area contributed by atoms with Crippen LogP contribution in [0.2, 0.25) is 5.02 Å². The number of hydrogen-bond donors (Lipinski definition) is 1. The van der Waals surface area contributed by atoms with Gasteiger partial charge in [-0.1, -0.05) is 28.9 Å². The average molecular weight is 321 g/mol. The smallest absolute Gasteiger partial charge is 0.335 e. The number of thiophene rings is 1. The summed E-state index contributed by atoms with van der Waals surface area (Å²) in [4.78, 5) is 16.0. The minimum absolute atomic E-state index is 0.170. The highest BCUT2D eigenvalue weighted by Crippen LogP contribution is 2.36. The van der Waals surface area contributed by atoms with Gasteiger partial charge in [-0.3, -0.25) is 0 Å². The van der Waals surface area contributed by atoms with Gasteiger partial charge in [0.25, 0.3) is 5.89 Å². The second-order valence-corrected chi connectivity index (χ2v) is 5.63. The van der Waals surface area contributed by atoms with E-state index in [2.05, 4.69) is 10.1 Å². The van der Waals surface area contributed by atoms with Crippen molar-refractivity contribution in [1.29, 1.82) is 0 Å². The molecule has 0 saturated heterocycles. The van der Waals surface area contributed by atoms with Gasteiger partial charge in [-0.25, -0.2) is 4.79 Å². The Morgan fingerprint density at radius 2 is 2.24 bits per heavy atom. The van der Waals surface area contributed by atoms with Gasteiger partial charge in [0.1, 0.15) is 4.88 Å². The number of halogens is 1. The largest absolute Gasteiger partial charge is 0.478 e. The van der Waals surface area contributed by atoms with Crippen LogP contribution in [0.1, 0.15) is 15.9 Å². The summed E-state index contributed by atoms with van der Waals surface area (Å²) in [5.41, 5.74) is 1.70. The molecule has 2 aromatic heterocycles. The van der Waals surface area contributed by atoms with Gasteiger partial charge in [-0.15, -0.1) is 11.3 Å². The predicted molar refractivity (Wildman–Crippen MR) is 79.8 cm³/mol. The van der Waals surface area contributed by atoms with Crippen molar-refractivity contribution in [2.45, 2.75) is 6.92 Å². The lowest BCUT2D eigenvalue weighted by atomic mass is 10.1. The van der Waals surface area contributed by atoms with Crippen LogP contribution in [0.3, 0.4) is 0 Å². The monoisotopic (exact) mass is 320 g/mol. The van der Waals surface area contributed by atoms with Crippen molar-refractivity contribution in [2.24, 2.45) is 0 Å². The minimum Gasteiger partial charge on any atom is -0.478 e. The van der Waals surface area contributed by atoms with Crippen molar-refractivity contribution in [2.75, 3.05) is 0 Å². The molecule has 0 saturated carbocycles. The van der Waals surface area contributed by atoms with Crippen LogP contribution in [-0.2, 0) is 0 Å². The molecular weight excluding hydrogens is 312 g/mol. The number of hydrogen-bond acceptors (Lipinski definition) is 5. The molecule has 5 nitrogen and oxygen atoms in total. The summed E-state index contributed by atoms with van der Waals surface area (Å²) in [5.74, 6) is -0.346. The molecule has 0 aliphatic heterocycles. The zero-order chi connectivity index (χ0) is 15.0. The summed E-state index contributed by atoms with van der Waals surface area (Å²) < 4.78 is 5.22. The lowest BCUT2D eigenvalue weighted by Gasteiger charge is -1.96. The van der Waals surface area contributed by atoms with E-state index in [0.717, 1.165) is 5.56 Å². The summed E-state index contributed by atoms with van der Waals surface area (Å²) >= 11 is 7.59. The van der Waals surface area contributed by atoms with Gasteiger partial charge in [-0.05, 0) is 30.0 Å². The second-order valence-electron chi connectivity index (χ2n) is 4.37. The van der Waals surface area contributed by atoms with Gasteiger partial charge in [-0.2, -0.15) is 4.98 Å². The molecule has 106 valence electrons. The summed E-state index contributed by atoms with van der Waals surface area (Å²) in [5, 5.41) is 15.4. The molecule has 3 rings (SSSR count). The molecule has 0 atom stereocenters. The summed E-state index contributed by atoms with van der Waals surface area (Å²) in [6, 6.07) is 6.37. The molecule has 0 aliphatic rings. The molecule has 0 aliphatic carbocycles. The first-order valence-corrected chi connectivity index (χ1v) is 7.23. The van der Waals surface area contributed by atoms with E-state index in [0.29, 0.717) is 27.2 Å². The molecule has 0 bridgehead atoms. The highest BCUT2D eigenvalue weighted by molar-refractivity contribution is 7.14. The van der Waals surface area contributed by atoms with Crippen LogP contribution in [0.4, 0.5) is 0 Å². The number of nitrogens with zero attached hydrogens (tertiary/aromatic N) is 2. The summed E-state index contributed by atoms with van der Waals surface area (Å²) in [6.45, 7) is 1.90. The lowest BCUT2D eigenvalue weighted by Crippen LogP contribution is -1.96. The molecule has 0 fully saturated rings. The molecule has 2 heterocycles. The number of rotatable bonds is 3. The molecule has 0 radical (unpaired) electrons. The van der Waals surface area contributed by atoms with Gasteiger partial charge >= 0.3 is 5.97 Å². The molecular formula is C14H9ClN2O3S. The average Bonchev–Trinajstić information content (AvgIpc) is 3.07. The second kappa shape index (κ2) is 5.31. The Morgan fingerprint density at radius 1 is 1.43 bits per heavy atom. The minimum atomic E-state index is -1.00. The normalized spacial score (nSPS) is 10.8. The summed E-state index contributed by atoms with van der Waals surface area (Å²) in [7, 11) is 0. The van der Waals surface area contributed by atoms with E-state index < -0.39 is 5.97 Å². The highest BCUT2D eigenvalue weighted by atomic mass is 35.5. The van der Waals surface area contributed by atoms with E-state index in [1.807, 2.05) is 12.3 Å². The fourth-order valence-corrected chi connectivity index (χ4v) is 2.99. The predicted octanol–water partition coefficient (Wildman–Crippen LogP) is 4.13. The van der Waals surface area contributed by atoms with E-state index in [-0.39, 0.29) is 5.56 Å². The van der Waals surface area contributed by atoms with E-state index in [1.165, 1.54) is 23.5 Å². The number of benzene rings is 1. The Bertz CT molecular complexity index is 825. The van der Waals surface area contributed by atoms with Gasteiger partial charge < -0.3 is 9.63 Å². The van der Waals surface area contributed by atoms with Crippen LogP contribution in [0.15, 0.2) is 34.2 Å². The SMILES string of the molecule is Cc1csc(-c2nc(-c3cccc(C(=O)O)c3)no2)c1Cl. The lowest BCUT2D eigenvalue weighted by molar-refractivity contribution is 0.0697. The van der Waals surface area contributed by atoms with E-state index in [4.69, 9.17) is 21.2 Å². The number of carbonyl (C=O) groups is 1. The van der Waals surface area contributed by atoms with Crippen LogP contribution >= 0.6 is 22.9 Å². The molecule has 0 unspecified atom stereocenters. The van der Waals surface area contributed by atoms with Crippen LogP contribution in [0.25, 0.3) is 22.2 Å². The Morgan fingerprint density at radius 3 is 2.90 bits per heavy atom. The number of aromatic carboxylic acids is 1. The first kappa shape index (κ1) is 13.8. The van der Waals surface area contributed by atoms with E-state index in [9.17, 15) is 4.79 Å². The maximum Gasteiger partial charge on any atom is 0.335 e. The Kier molecular flexibility index (Phi) is 3.48. The zero-order valence-electron chi connectivity index (χ0n) is 10.8. The maximum atomic E-state index is 11.0. The Labute approximate surface area is 128 Å². The van der Waals surface area contributed by atoms with Gasteiger partial charge in [0.15, 0.2) is 0 Å². The Hall–Kier alpha value is -2.18. The molecule has 7 heteroatoms. The van der Waals surface area contributed by atoms with Crippen molar-refractivity contribution in [3.63, 3.8) is 0 Å². The van der Waals surface area contributed by atoms with Crippen molar-refractivity contribution in [3.8, 4) is 22.2 Å². The van der Waals surface area contributed by atoms with Crippen molar-refractivity contribution >= 4 is 28.9 Å². The first-order chi connectivity index (χ1) is 10.1. The highest BCUT2D eigenvalue weighted by Gasteiger charge is 2.17. The summed E-state index contributed by atoms with van der Waals surface area (Å²) in [6.07, 6.45) is 0. The fourth-order valence-electron chi connectivity index (χ4n) is 1.80. The Balaban J connectivity index is 2.00. The van der Waals surface area contributed by atoms with Crippen LogP contribution in [0, 0.1) is 6.92 Å². The third kappa shape index (κ3) is 2.55.